The fraction of sp³-hybridized carbons (Fsp3) is 0.895. The zero-order valence-electron chi connectivity index (χ0n) is 16.1. The summed E-state index contributed by atoms with van der Waals surface area (Å²) in [7, 11) is 1.45. The van der Waals surface area contributed by atoms with E-state index >= 15 is 0 Å². The van der Waals surface area contributed by atoms with E-state index in [1.54, 1.807) is 0 Å². The third-order valence-corrected chi connectivity index (χ3v) is 6.98. The summed E-state index contributed by atoms with van der Waals surface area (Å²) in [4.78, 5) is 31.1. The zero-order chi connectivity index (χ0) is 18.4. The molecule has 3 heterocycles. The number of rotatable bonds is 4. The summed E-state index contributed by atoms with van der Waals surface area (Å²) >= 11 is 0. The average molecular weight is 365 g/mol. The lowest BCUT2D eigenvalue weighted by atomic mass is 9.89. The number of fused-ring (bicyclic) bond motifs is 3. The number of hydrogen-bond acceptors (Lipinski definition) is 5. The van der Waals surface area contributed by atoms with Crippen LogP contribution in [-0.2, 0) is 14.3 Å². The van der Waals surface area contributed by atoms with E-state index < -0.39 is 0 Å². The van der Waals surface area contributed by atoms with Gasteiger partial charge >= 0.3 is 6.09 Å². The van der Waals surface area contributed by atoms with Crippen LogP contribution in [0, 0.1) is 17.8 Å². The number of carbonyl (C=O) groups is 2. The molecular formula is C19H31N3O4. The molecule has 7 heteroatoms. The molecule has 0 N–H and O–H groups in total. The van der Waals surface area contributed by atoms with Gasteiger partial charge in [-0.1, -0.05) is 0 Å². The van der Waals surface area contributed by atoms with Gasteiger partial charge in [0, 0.05) is 38.1 Å². The van der Waals surface area contributed by atoms with Gasteiger partial charge < -0.3 is 14.4 Å². The number of hydrogen-bond donors (Lipinski definition) is 0. The summed E-state index contributed by atoms with van der Waals surface area (Å²) in [5.41, 5.74) is 0. The van der Waals surface area contributed by atoms with Gasteiger partial charge in [-0.05, 0) is 38.5 Å². The number of morpholine rings is 1. The van der Waals surface area contributed by atoms with Gasteiger partial charge in [0.2, 0.25) is 5.91 Å². The molecule has 2 bridgehead atoms. The fourth-order valence-corrected chi connectivity index (χ4v) is 5.56. The van der Waals surface area contributed by atoms with Crippen molar-refractivity contribution < 1.29 is 19.1 Å². The number of likely N-dealkylation sites (tertiary alicyclic amines) is 1. The molecule has 146 valence electrons. The number of piperidine rings is 2. The van der Waals surface area contributed by atoms with Crippen molar-refractivity contribution in [1.82, 2.24) is 14.7 Å². The molecule has 4 aliphatic rings. The Morgan fingerprint density at radius 1 is 1.04 bits per heavy atom. The van der Waals surface area contributed by atoms with Crippen molar-refractivity contribution in [1.29, 1.82) is 0 Å². The van der Waals surface area contributed by atoms with Crippen molar-refractivity contribution in [2.24, 2.45) is 17.8 Å². The largest absolute Gasteiger partial charge is 0.453 e. The van der Waals surface area contributed by atoms with Gasteiger partial charge in [-0.3, -0.25) is 14.6 Å². The first-order valence-electron chi connectivity index (χ1n) is 10.1. The minimum absolute atomic E-state index is 0.116. The number of carbonyl (C=O) groups excluding carboxylic acids is 2. The van der Waals surface area contributed by atoms with Gasteiger partial charge in [0.05, 0.1) is 32.4 Å². The Labute approximate surface area is 155 Å². The molecule has 0 radical (unpaired) electrons. The predicted molar refractivity (Wildman–Crippen MR) is 95.6 cm³/mol. The topological polar surface area (TPSA) is 62.3 Å². The first-order valence-corrected chi connectivity index (χ1v) is 10.1. The van der Waals surface area contributed by atoms with Crippen LogP contribution in [0.15, 0.2) is 0 Å². The summed E-state index contributed by atoms with van der Waals surface area (Å²) in [6, 6.07) is 0.724. The Morgan fingerprint density at radius 2 is 1.62 bits per heavy atom. The first kappa shape index (κ1) is 18.0. The lowest BCUT2D eigenvalue weighted by Crippen LogP contribution is -2.62. The second-order valence-corrected chi connectivity index (χ2v) is 8.17. The lowest BCUT2D eigenvalue weighted by Gasteiger charge is -2.49. The monoisotopic (exact) mass is 365 g/mol. The standard InChI is InChI=1S/C19H31N3O4/c1-4-20(5-2)18(23)17-15-8-21(9-16(15)17)12-6-13-10-26-11-14(7-12)22(13)19(24)25-3/h12-17H,4-11H2,1-3H3/t12?,13?,14?,15-,16+,17-. The molecule has 0 aromatic carbocycles. The van der Waals surface area contributed by atoms with Gasteiger partial charge in [0.15, 0.2) is 0 Å². The molecular weight excluding hydrogens is 334 g/mol. The van der Waals surface area contributed by atoms with Crippen LogP contribution >= 0.6 is 0 Å². The molecule has 7 nitrogen and oxygen atoms in total. The highest BCUT2D eigenvalue weighted by Crippen LogP contribution is 2.53. The molecule has 0 spiro atoms. The molecule has 5 atom stereocenters. The van der Waals surface area contributed by atoms with E-state index in [0.717, 1.165) is 39.0 Å². The third kappa shape index (κ3) is 2.89. The van der Waals surface area contributed by atoms with Crippen LogP contribution in [0.2, 0.25) is 0 Å². The quantitative estimate of drug-likeness (QED) is 0.745. The van der Waals surface area contributed by atoms with Crippen molar-refractivity contribution in [2.45, 2.75) is 44.8 Å². The SMILES string of the molecule is CCN(CC)C(=O)[C@@H]1[C@@H]2CN(C3CC4COCC(C3)N4C(=O)OC)C[C@@H]21. The Morgan fingerprint density at radius 3 is 2.12 bits per heavy atom. The van der Waals surface area contributed by atoms with Crippen LogP contribution in [0.3, 0.4) is 0 Å². The minimum Gasteiger partial charge on any atom is -0.453 e. The summed E-state index contributed by atoms with van der Waals surface area (Å²) in [6.45, 7) is 9.01. The molecule has 1 aliphatic carbocycles. The second-order valence-electron chi connectivity index (χ2n) is 8.17. The highest BCUT2D eigenvalue weighted by Gasteiger charge is 2.61. The van der Waals surface area contributed by atoms with Crippen molar-refractivity contribution >= 4 is 12.0 Å². The number of ether oxygens (including phenoxy) is 2. The highest BCUT2D eigenvalue weighted by atomic mass is 16.5. The predicted octanol–water partition coefficient (Wildman–Crippen LogP) is 1.03. The van der Waals surface area contributed by atoms with Crippen molar-refractivity contribution in [3.63, 3.8) is 0 Å². The van der Waals surface area contributed by atoms with Crippen LogP contribution in [0.4, 0.5) is 4.79 Å². The smallest absolute Gasteiger partial charge is 0.410 e. The maximum atomic E-state index is 12.6. The van der Waals surface area contributed by atoms with Crippen LogP contribution in [-0.4, -0.2) is 91.3 Å². The molecule has 4 rings (SSSR count). The van der Waals surface area contributed by atoms with Crippen molar-refractivity contribution in [2.75, 3.05) is 46.5 Å². The van der Waals surface area contributed by atoms with E-state index in [9.17, 15) is 9.59 Å². The molecule has 3 aliphatic heterocycles. The summed E-state index contributed by atoms with van der Waals surface area (Å²) < 4.78 is 10.7. The molecule has 2 unspecified atom stereocenters. The number of methoxy groups -OCH3 is 1. The third-order valence-electron chi connectivity index (χ3n) is 6.98. The normalized spacial score (nSPS) is 38.7. The van der Waals surface area contributed by atoms with E-state index in [2.05, 4.69) is 18.7 Å². The Hall–Kier alpha value is -1.34. The fourth-order valence-electron chi connectivity index (χ4n) is 5.56. The number of amides is 2. The van der Waals surface area contributed by atoms with Crippen LogP contribution in [0.1, 0.15) is 26.7 Å². The molecule has 1 saturated carbocycles. The lowest BCUT2D eigenvalue weighted by molar-refractivity contribution is -0.133. The van der Waals surface area contributed by atoms with Crippen LogP contribution in [0.25, 0.3) is 0 Å². The van der Waals surface area contributed by atoms with E-state index in [0.29, 0.717) is 37.0 Å². The minimum atomic E-state index is -0.226. The average Bonchev–Trinajstić information content (AvgIpc) is 3.14. The molecule has 4 fully saturated rings. The summed E-state index contributed by atoms with van der Waals surface area (Å²) in [6.07, 6.45) is 1.66. The van der Waals surface area contributed by atoms with Gasteiger partial charge in [-0.2, -0.15) is 0 Å². The molecule has 0 aromatic rings. The van der Waals surface area contributed by atoms with E-state index in [4.69, 9.17) is 9.47 Å². The summed E-state index contributed by atoms with van der Waals surface area (Å²) in [5, 5.41) is 0. The Kier molecular flexibility index (Phi) is 4.86. The summed E-state index contributed by atoms with van der Waals surface area (Å²) in [5.74, 6) is 1.69. The molecule has 3 saturated heterocycles. The Balaban J connectivity index is 1.35. The van der Waals surface area contributed by atoms with Gasteiger partial charge in [0.25, 0.3) is 0 Å². The van der Waals surface area contributed by atoms with Gasteiger partial charge in [-0.15, -0.1) is 0 Å². The Bertz CT molecular complexity index is 541. The van der Waals surface area contributed by atoms with Crippen molar-refractivity contribution in [3.8, 4) is 0 Å². The maximum Gasteiger partial charge on any atom is 0.410 e. The van der Waals surface area contributed by atoms with E-state index in [1.807, 2.05) is 9.80 Å². The van der Waals surface area contributed by atoms with Gasteiger partial charge in [0.1, 0.15) is 0 Å². The second kappa shape index (κ2) is 7.00. The molecule has 26 heavy (non-hydrogen) atoms. The first-order chi connectivity index (χ1) is 12.6. The maximum absolute atomic E-state index is 12.6. The van der Waals surface area contributed by atoms with Crippen LogP contribution < -0.4 is 0 Å². The van der Waals surface area contributed by atoms with E-state index in [1.165, 1.54) is 7.11 Å². The van der Waals surface area contributed by atoms with Crippen LogP contribution in [0.5, 0.6) is 0 Å². The van der Waals surface area contributed by atoms with E-state index in [-0.39, 0.29) is 24.1 Å². The number of nitrogens with zero attached hydrogens (tertiary/aromatic N) is 3. The molecule has 2 amide bonds. The molecule has 0 aromatic heterocycles. The zero-order valence-corrected chi connectivity index (χ0v) is 16.1. The highest BCUT2D eigenvalue weighted by molar-refractivity contribution is 5.82. The van der Waals surface area contributed by atoms with Crippen molar-refractivity contribution in [3.05, 3.63) is 0 Å². The van der Waals surface area contributed by atoms with Gasteiger partial charge in [-0.25, -0.2) is 4.79 Å².